The normalized spacial score (nSPS) is 18.2. The Labute approximate surface area is 88.1 Å². The molecular formula is C11H13ClFN. The summed E-state index contributed by atoms with van der Waals surface area (Å²) in [5.41, 5.74) is 6.56. The maximum Gasteiger partial charge on any atom is 0.127 e. The Morgan fingerprint density at radius 3 is 2.64 bits per heavy atom. The van der Waals surface area contributed by atoms with E-state index in [2.05, 4.69) is 0 Å². The standard InChI is InChI=1S/C11H13ClFN/c12-9-2-1-8(10(13)5-9)6-11(7-14)3-4-11/h1-2,5H,3-4,6-7,14H2. The largest absolute Gasteiger partial charge is 0.330 e. The van der Waals surface area contributed by atoms with Gasteiger partial charge in [0, 0.05) is 5.02 Å². The van der Waals surface area contributed by atoms with Crippen LogP contribution in [-0.4, -0.2) is 6.54 Å². The molecule has 1 fully saturated rings. The van der Waals surface area contributed by atoms with Gasteiger partial charge in [-0.05, 0) is 48.9 Å². The Bertz CT molecular complexity index is 347. The number of halogens is 2. The molecular weight excluding hydrogens is 201 g/mol. The Balaban J connectivity index is 2.17. The van der Waals surface area contributed by atoms with Crippen molar-refractivity contribution in [2.24, 2.45) is 11.1 Å². The summed E-state index contributed by atoms with van der Waals surface area (Å²) in [6.07, 6.45) is 2.98. The first-order valence-corrected chi connectivity index (χ1v) is 5.17. The highest BCUT2D eigenvalue weighted by molar-refractivity contribution is 6.30. The van der Waals surface area contributed by atoms with E-state index in [1.165, 1.54) is 6.07 Å². The molecule has 0 heterocycles. The smallest absolute Gasteiger partial charge is 0.127 e. The van der Waals surface area contributed by atoms with E-state index >= 15 is 0 Å². The van der Waals surface area contributed by atoms with Crippen LogP contribution in [0.2, 0.25) is 5.02 Å². The van der Waals surface area contributed by atoms with Crippen LogP contribution in [0.5, 0.6) is 0 Å². The fraction of sp³-hybridized carbons (Fsp3) is 0.455. The van der Waals surface area contributed by atoms with Crippen molar-refractivity contribution >= 4 is 11.6 Å². The highest BCUT2D eigenvalue weighted by Crippen LogP contribution is 2.47. The van der Waals surface area contributed by atoms with Crippen LogP contribution in [-0.2, 0) is 6.42 Å². The molecule has 0 aliphatic heterocycles. The number of rotatable bonds is 3. The summed E-state index contributed by atoms with van der Waals surface area (Å²) >= 11 is 5.67. The highest BCUT2D eigenvalue weighted by atomic mass is 35.5. The maximum atomic E-state index is 13.4. The Kier molecular flexibility index (Phi) is 2.50. The third-order valence-corrected chi connectivity index (χ3v) is 3.21. The molecule has 1 saturated carbocycles. The predicted molar refractivity (Wildman–Crippen MR) is 55.8 cm³/mol. The molecule has 2 N–H and O–H groups in total. The van der Waals surface area contributed by atoms with E-state index in [9.17, 15) is 4.39 Å². The van der Waals surface area contributed by atoms with Crippen LogP contribution in [0.4, 0.5) is 4.39 Å². The second kappa shape index (κ2) is 3.52. The zero-order valence-electron chi connectivity index (χ0n) is 7.89. The molecule has 0 atom stereocenters. The summed E-state index contributed by atoms with van der Waals surface area (Å²) in [6, 6.07) is 4.85. The van der Waals surface area contributed by atoms with Gasteiger partial charge >= 0.3 is 0 Å². The molecule has 14 heavy (non-hydrogen) atoms. The third kappa shape index (κ3) is 1.91. The van der Waals surface area contributed by atoms with Crippen LogP contribution < -0.4 is 5.73 Å². The fourth-order valence-corrected chi connectivity index (χ4v) is 1.86. The Hall–Kier alpha value is -0.600. The molecule has 0 bridgehead atoms. The quantitative estimate of drug-likeness (QED) is 0.821. The van der Waals surface area contributed by atoms with Crippen LogP contribution >= 0.6 is 11.6 Å². The van der Waals surface area contributed by atoms with E-state index in [-0.39, 0.29) is 11.2 Å². The fourth-order valence-electron chi connectivity index (χ4n) is 1.70. The molecule has 1 aromatic rings. The topological polar surface area (TPSA) is 26.0 Å². The molecule has 0 amide bonds. The van der Waals surface area contributed by atoms with Crippen molar-refractivity contribution < 1.29 is 4.39 Å². The molecule has 1 aliphatic rings. The molecule has 1 aromatic carbocycles. The van der Waals surface area contributed by atoms with Crippen molar-refractivity contribution in [3.63, 3.8) is 0 Å². The van der Waals surface area contributed by atoms with Gasteiger partial charge in [0.2, 0.25) is 0 Å². The first-order chi connectivity index (χ1) is 6.65. The maximum absolute atomic E-state index is 13.4. The van der Waals surface area contributed by atoms with Crippen LogP contribution in [0.1, 0.15) is 18.4 Å². The molecule has 0 aromatic heterocycles. The molecule has 1 nitrogen and oxygen atoms in total. The highest BCUT2D eigenvalue weighted by Gasteiger charge is 2.41. The first kappa shape index (κ1) is 9.94. The van der Waals surface area contributed by atoms with E-state index in [1.54, 1.807) is 12.1 Å². The predicted octanol–water partition coefficient (Wildman–Crippen LogP) is 2.76. The van der Waals surface area contributed by atoms with Crippen LogP contribution in [0, 0.1) is 11.2 Å². The second-order valence-electron chi connectivity index (χ2n) is 4.12. The number of benzene rings is 1. The lowest BCUT2D eigenvalue weighted by Gasteiger charge is -2.12. The lowest BCUT2D eigenvalue weighted by atomic mass is 9.96. The lowest BCUT2D eigenvalue weighted by Crippen LogP contribution is -2.18. The molecule has 3 heteroatoms. The molecule has 0 radical (unpaired) electrons. The van der Waals surface area contributed by atoms with Gasteiger partial charge in [0.15, 0.2) is 0 Å². The van der Waals surface area contributed by atoms with Gasteiger partial charge in [-0.1, -0.05) is 17.7 Å². The van der Waals surface area contributed by atoms with Crippen molar-refractivity contribution in [3.8, 4) is 0 Å². The lowest BCUT2D eigenvalue weighted by molar-refractivity contribution is 0.500. The minimum absolute atomic E-state index is 0.175. The van der Waals surface area contributed by atoms with Gasteiger partial charge in [-0.2, -0.15) is 0 Å². The second-order valence-corrected chi connectivity index (χ2v) is 4.55. The van der Waals surface area contributed by atoms with Gasteiger partial charge in [-0.25, -0.2) is 4.39 Å². The van der Waals surface area contributed by atoms with E-state index in [0.29, 0.717) is 11.6 Å². The molecule has 1 aliphatic carbocycles. The molecule has 0 saturated heterocycles. The van der Waals surface area contributed by atoms with E-state index in [0.717, 1.165) is 24.8 Å². The summed E-state index contributed by atoms with van der Waals surface area (Å²) in [6.45, 7) is 0.648. The van der Waals surface area contributed by atoms with Crippen molar-refractivity contribution in [1.82, 2.24) is 0 Å². The summed E-state index contributed by atoms with van der Waals surface area (Å²) in [5, 5.41) is 0.448. The monoisotopic (exact) mass is 213 g/mol. The average Bonchev–Trinajstić information content (AvgIpc) is 2.91. The van der Waals surface area contributed by atoms with Gasteiger partial charge in [0.1, 0.15) is 5.82 Å². The van der Waals surface area contributed by atoms with Crippen molar-refractivity contribution in [3.05, 3.63) is 34.6 Å². The summed E-state index contributed by atoms with van der Waals surface area (Å²) in [7, 11) is 0. The summed E-state index contributed by atoms with van der Waals surface area (Å²) in [5.74, 6) is -0.211. The molecule has 0 spiro atoms. The number of hydrogen-bond acceptors (Lipinski definition) is 1. The van der Waals surface area contributed by atoms with Crippen molar-refractivity contribution in [2.45, 2.75) is 19.3 Å². The molecule has 0 unspecified atom stereocenters. The summed E-state index contributed by atoms with van der Waals surface area (Å²) in [4.78, 5) is 0. The third-order valence-electron chi connectivity index (χ3n) is 2.97. The van der Waals surface area contributed by atoms with Gasteiger partial charge in [0.05, 0.1) is 0 Å². The van der Waals surface area contributed by atoms with Crippen molar-refractivity contribution in [2.75, 3.05) is 6.54 Å². The van der Waals surface area contributed by atoms with Gasteiger partial charge in [-0.3, -0.25) is 0 Å². The Morgan fingerprint density at radius 1 is 1.43 bits per heavy atom. The van der Waals surface area contributed by atoms with Crippen molar-refractivity contribution in [1.29, 1.82) is 0 Å². The van der Waals surface area contributed by atoms with Gasteiger partial charge in [-0.15, -0.1) is 0 Å². The molecule has 76 valence electrons. The van der Waals surface area contributed by atoms with Crippen LogP contribution in [0.25, 0.3) is 0 Å². The van der Waals surface area contributed by atoms with E-state index < -0.39 is 0 Å². The van der Waals surface area contributed by atoms with E-state index in [4.69, 9.17) is 17.3 Å². The average molecular weight is 214 g/mol. The molecule has 2 rings (SSSR count). The number of nitrogens with two attached hydrogens (primary N) is 1. The number of hydrogen-bond donors (Lipinski definition) is 1. The zero-order valence-corrected chi connectivity index (χ0v) is 8.65. The minimum Gasteiger partial charge on any atom is -0.330 e. The van der Waals surface area contributed by atoms with Crippen LogP contribution in [0.3, 0.4) is 0 Å². The van der Waals surface area contributed by atoms with Gasteiger partial charge < -0.3 is 5.73 Å². The summed E-state index contributed by atoms with van der Waals surface area (Å²) < 4.78 is 13.4. The van der Waals surface area contributed by atoms with Gasteiger partial charge in [0.25, 0.3) is 0 Å². The Morgan fingerprint density at radius 2 is 2.14 bits per heavy atom. The van der Waals surface area contributed by atoms with E-state index in [1.807, 2.05) is 0 Å². The SMILES string of the molecule is NCC1(Cc2ccc(Cl)cc2F)CC1. The first-order valence-electron chi connectivity index (χ1n) is 4.79. The minimum atomic E-state index is -0.211. The zero-order chi connectivity index (χ0) is 10.2. The van der Waals surface area contributed by atoms with Crippen LogP contribution in [0.15, 0.2) is 18.2 Å².